The Balaban J connectivity index is 2.31. The van der Waals surface area contributed by atoms with Gasteiger partial charge in [0.05, 0.1) is 7.11 Å². The van der Waals surface area contributed by atoms with Crippen LogP contribution in [0.25, 0.3) is 0 Å². The van der Waals surface area contributed by atoms with Crippen LogP contribution in [0.1, 0.15) is 70.9 Å². The van der Waals surface area contributed by atoms with Crippen molar-refractivity contribution in [1.29, 1.82) is 0 Å². The Morgan fingerprint density at radius 1 is 1.10 bits per heavy atom. The molecule has 1 aromatic carbocycles. The fraction of sp³-hybridized carbons (Fsp3) is 0.667. The van der Waals surface area contributed by atoms with Crippen LogP contribution in [0.15, 0.2) is 24.3 Å². The van der Waals surface area contributed by atoms with E-state index >= 15 is 0 Å². The van der Waals surface area contributed by atoms with E-state index < -0.39 is 0 Å². The van der Waals surface area contributed by atoms with Crippen molar-refractivity contribution in [3.63, 3.8) is 0 Å². The van der Waals surface area contributed by atoms with Gasteiger partial charge in [-0.05, 0) is 38.0 Å². The van der Waals surface area contributed by atoms with Gasteiger partial charge in [-0.25, -0.2) is 0 Å². The third kappa shape index (κ3) is 6.42. The van der Waals surface area contributed by atoms with Crippen LogP contribution >= 0.6 is 0 Å². The van der Waals surface area contributed by atoms with Crippen LogP contribution in [0.4, 0.5) is 0 Å². The Bertz CT molecular complexity index is 364. The highest BCUT2D eigenvalue weighted by Crippen LogP contribution is 2.19. The second kappa shape index (κ2) is 9.82. The van der Waals surface area contributed by atoms with Crippen molar-refractivity contribution in [2.45, 2.75) is 71.4 Å². The third-order valence-electron chi connectivity index (χ3n) is 3.87. The highest BCUT2D eigenvalue weighted by molar-refractivity contribution is 5.30. The van der Waals surface area contributed by atoms with Crippen molar-refractivity contribution in [3.8, 4) is 5.75 Å². The van der Waals surface area contributed by atoms with Gasteiger partial charge >= 0.3 is 0 Å². The number of benzene rings is 1. The quantitative estimate of drug-likeness (QED) is 0.601. The molecule has 0 aliphatic heterocycles. The second-order valence-corrected chi connectivity index (χ2v) is 5.77. The molecule has 2 heteroatoms. The molecular formula is C18H31NO. The lowest BCUT2D eigenvalue weighted by molar-refractivity contribution is 0.410. The van der Waals surface area contributed by atoms with Crippen molar-refractivity contribution < 1.29 is 4.74 Å². The third-order valence-corrected chi connectivity index (χ3v) is 3.87. The van der Waals surface area contributed by atoms with E-state index in [1.807, 2.05) is 6.07 Å². The standard InChI is InChI=1S/C18H31NO/c1-5-6-7-8-9-11-15(2)19-16(3)17-12-10-13-18(14-17)20-4/h10,12-16,19H,5-9,11H2,1-4H3. The van der Waals surface area contributed by atoms with Crippen molar-refractivity contribution in [2.75, 3.05) is 7.11 Å². The average molecular weight is 277 g/mol. The van der Waals surface area contributed by atoms with Gasteiger partial charge in [-0.2, -0.15) is 0 Å². The van der Waals surface area contributed by atoms with E-state index in [2.05, 4.69) is 44.3 Å². The van der Waals surface area contributed by atoms with E-state index in [9.17, 15) is 0 Å². The number of nitrogens with one attached hydrogen (secondary N) is 1. The Hall–Kier alpha value is -1.02. The molecule has 0 saturated carbocycles. The molecule has 0 spiro atoms. The maximum atomic E-state index is 5.28. The molecule has 0 fully saturated rings. The topological polar surface area (TPSA) is 21.3 Å². The first kappa shape index (κ1) is 17.0. The minimum absolute atomic E-state index is 0.371. The van der Waals surface area contributed by atoms with E-state index in [0.29, 0.717) is 12.1 Å². The van der Waals surface area contributed by atoms with Crippen LogP contribution in [0.3, 0.4) is 0 Å². The Kier molecular flexibility index (Phi) is 8.36. The summed E-state index contributed by atoms with van der Waals surface area (Å²) < 4.78 is 5.28. The Morgan fingerprint density at radius 2 is 1.85 bits per heavy atom. The van der Waals surface area contributed by atoms with Crippen LogP contribution in [0, 0.1) is 0 Å². The molecule has 2 nitrogen and oxygen atoms in total. The number of unbranched alkanes of at least 4 members (excludes halogenated alkanes) is 4. The molecule has 0 heterocycles. The van der Waals surface area contributed by atoms with Crippen molar-refractivity contribution in [3.05, 3.63) is 29.8 Å². The smallest absolute Gasteiger partial charge is 0.119 e. The Labute approximate surface area is 124 Å². The van der Waals surface area contributed by atoms with Crippen molar-refractivity contribution in [2.24, 2.45) is 0 Å². The summed E-state index contributed by atoms with van der Waals surface area (Å²) in [5.74, 6) is 0.934. The molecule has 0 amide bonds. The SMILES string of the molecule is CCCCCCCC(C)NC(C)c1cccc(OC)c1. The molecule has 1 aromatic rings. The zero-order chi connectivity index (χ0) is 14.8. The molecule has 0 bridgehead atoms. The van der Waals surface area contributed by atoms with Gasteiger partial charge in [-0.1, -0.05) is 51.2 Å². The second-order valence-electron chi connectivity index (χ2n) is 5.77. The normalized spacial score (nSPS) is 14.0. The number of hydrogen-bond acceptors (Lipinski definition) is 2. The van der Waals surface area contributed by atoms with Crippen LogP contribution in [-0.2, 0) is 0 Å². The summed E-state index contributed by atoms with van der Waals surface area (Å²) in [6.45, 7) is 6.78. The summed E-state index contributed by atoms with van der Waals surface area (Å²) >= 11 is 0. The molecule has 2 unspecified atom stereocenters. The highest BCUT2D eigenvalue weighted by atomic mass is 16.5. The van der Waals surface area contributed by atoms with Gasteiger partial charge in [-0.3, -0.25) is 0 Å². The number of ether oxygens (including phenoxy) is 1. The van der Waals surface area contributed by atoms with Gasteiger partial charge in [0.1, 0.15) is 5.75 Å². The van der Waals surface area contributed by atoms with Crippen LogP contribution in [-0.4, -0.2) is 13.2 Å². The van der Waals surface area contributed by atoms with E-state index in [1.165, 1.54) is 44.1 Å². The first-order chi connectivity index (χ1) is 9.67. The highest BCUT2D eigenvalue weighted by Gasteiger charge is 2.09. The Morgan fingerprint density at radius 3 is 2.55 bits per heavy atom. The molecule has 0 aliphatic rings. The van der Waals surface area contributed by atoms with E-state index in [0.717, 1.165) is 5.75 Å². The first-order valence-corrected chi connectivity index (χ1v) is 8.07. The number of methoxy groups -OCH3 is 1. The molecule has 0 aliphatic carbocycles. The summed E-state index contributed by atoms with van der Waals surface area (Å²) in [5, 5.41) is 3.68. The molecule has 2 atom stereocenters. The predicted octanol–water partition coefficient (Wildman–Crippen LogP) is 5.09. The predicted molar refractivity (Wildman–Crippen MR) is 87.4 cm³/mol. The van der Waals surface area contributed by atoms with Crippen molar-refractivity contribution >= 4 is 0 Å². The lowest BCUT2D eigenvalue weighted by Gasteiger charge is -2.20. The van der Waals surface area contributed by atoms with E-state index in [-0.39, 0.29) is 0 Å². The summed E-state index contributed by atoms with van der Waals surface area (Å²) in [6, 6.07) is 9.27. The largest absolute Gasteiger partial charge is 0.497 e. The molecule has 1 N–H and O–H groups in total. The molecule has 0 radical (unpaired) electrons. The van der Waals surface area contributed by atoms with Crippen LogP contribution in [0.5, 0.6) is 5.75 Å². The molecular weight excluding hydrogens is 246 g/mol. The van der Waals surface area contributed by atoms with Crippen molar-refractivity contribution in [1.82, 2.24) is 5.32 Å². The minimum atomic E-state index is 0.371. The summed E-state index contributed by atoms with van der Waals surface area (Å²) in [7, 11) is 1.72. The van der Waals surface area contributed by atoms with E-state index in [4.69, 9.17) is 4.74 Å². The maximum Gasteiger partial charge on any atom is 0.119 e. The lowest BCUT2D eigenvalue weighted by atomic mass is 10.0. The van der Waals surface area contributed by atoms with E-state index in [1.54, 1.807) is 7.11 Å². The average Bonchev–Trinajstić information content (AvgIpc) is 2.47. The first-order valence-electron chi connectivity index (χ1n) is 8.07. The zero-order valence-electron chi connectivity index (χ0n) is 13.6. The molecule has 114 valence electrons. The fourth-order valence-corrected chi connectivity index (χ4v) is 2.57. The molecule has 20 heavy (non-hydrogen) atoms. The van der Waals surface area contributed by atoms with Crippen LogP contribution in [0.2, 0.25) is 0 Å². The lowest BCUT2D eigenvalue weighted by Crippen LogP contribution is -2.28. The fourth-order valence-electron chi connectivity index (χ4n) is 2.57. The summed E-state index contributed by atoms with van der Waals surface area (Å²) in [6.07, 6.45) is 8.04. The zero-order valence-corrected chi connectivity index (χ0v) is 13.6. The summed E-state index contributed by atoms with van der Waals surface area (Å²) in [4.78, 5) is 0. The van der Waals surface area contributed by atoms with Gasteiger partial charge in [-0.15, -0.1) is 0 Å². The number of hydrogen-bond donors (Lipinski definition) is 1. The number of rotatable bonds is 10. The molecule has 0 saturated heterocycles. The van der Waals surface area contributed by atoms with Gasteiger partial charge in [0, 0.05) is 12.1 Å². The summed E-state index contributed by atoms with van der Waals surface area (Å²) in [5.41, 5.74) is 1.29. The van der Waals surface area contributed by atoms with Gasteiger partial charge < -0.3 is 10.1 Å². The minimum Gasteiger partial charge on any atom is -0.497 e. The monoisotopic (exact) mass is 277 g/mol. The van der Waals surface area contributed by atoms with Gasteiger partial charge in [0.25, 0.3) is 0 Å². The molecule has 1 rings (SSSR count). The van der Waals surface area contributed by atoms with Crippen LogP contribution < -0.4 is 10.1 Å². The maximum absolute atomic E-state index is 5.28. The van der Waals surface area contributed by atoms with Gasteiger partial charge in [0.2, 0.25) is 0 Å². The molecule has 0 aromatic heterocycles. The van der Waals surface area contributed by atoms with Gasteiger partial charge in [0.15, 0.2) is 0 Å².